The number of piperazine rings is 1. The highest BCUT2D eigenvalue weighted by molar-refractivity contribution is 9.10. The number of benzene rings is 1. The lowest BCUT2D eigenvalue weighted by Crippen LogP contribution is -2.63. The van der Waals surface area contributed by atoms with E-state index in [1.807, 2.05) is 6.07 Å². The molecule has 0 bridgehead atoms. The molecule has 0 amide bonds. The zero-order valence-electron chi connectivity index (χ0n) is 11.4. The molecule has 104 valence electrons. The average molecular weight is 327 g/mol. The Morgan fingerprint density at radius 3 is 2.84 bits per heavy atom. The highest BCUT2D eigenvalue weighted by atomic mass is 79.9. The molecule has 0 radical (unpaired) electrons. The van der Waals surface area contributed by atoms with E-state index in [9.17, 15) is 4.39 Å². The van der Waals surface area contributed by atoms with Crippen molar-refractivity contribution < 1.29 is 4.39 Å². The minimum Gasteiger partial charge on any atom is -0.363 e. The van der Waals surface area contributed by atoms with E-state index in [4.69, 9.17) is 0 Å². The van der Waals surface area contributed by atoms with Crippen LogP contribution in [0.25, 0.3) is 0 Å². The molecule has 0 aromatic heterocycles. The number of rotatable bonds is 2. The Morgan fingerprint density at radius 1 is 1.42 bits per heavy atom. The minimum absolute atomic E-state index is 0.126. The van der Waals surface area contributed by atoms with Crippen molar-refractivity contribution in [2.75, 3.05) is 18.0 Å². The topological polar surface area (TPSA) is 15.3 Å². The Kier molecular flexibility index (Phi) is 3.34. The fourth-order valence-electron chi connectivity index (χ4n) is 3.08. The minimum atomic E-state index is -0.130. The van der Waals surface area contributed by atoms with Gasteiger partial charge >= 0.3 is 0 Å². The van der Waals surface area contributed by atoms with Gasteiger partial charge in [0.15, 0.2) is 0 Å². The highest BCUT2D eigenvalue weighted by Crippen LogP contribution is 2.42. The van der Waals surface area contributed by atoms with E-state index >= 15 is 0 Å². The SMILES string of the molecule is CC1CNC(C)(C2CC2)CN1c1cc(Br)ccc1F. The van der Waals surface area contributed by atoms with Gasteiger partial charge < -0.3 is 10.2 Å². The summed E-state index contributed by atoms with van der Waals surface area (Å²) in [5, 5.41) is 3.67. The van der Waals surface area contributed by atoms with Gasteiger partial charge in [0, 0.05) is 29.1 Å². The summed E-state index contributed by atoms with van der Waals surface area (Å²) in [6, 6.07) is 5.51. The molecule has 4 heteroatoms. The average Bonchev–Trinajstić information content (AvgIpc) is 3.20. The van der Waals surface area contributed by atoms with E-state index in [0.29, 0.717) is 6.04 Å². The molecule has 2 unspecified atom stereocenters. The fourth-order valence-corrected chi connectivity index (χ4v) is 3.43. The number of hydrogen-bond acceptors (Lipinski definition) is 2. The summed E-state index contributed by atoms with van der Waals surface area (Å²) in [5.41, 5.74) is 0.844. The quantitative estimate of drug-likeness (QED) is 0.894. The van der Waals surface area contributed by atoms with Crippen LogP contribution in [-0.4, -0.2) is 24.7 Å². The zero-order chi connectivity index (χ0) is 13.6. The van der Waals surface area contributed by atoms with E-state index in [-0.39, 0.29) is 11.4 Å². The maximum atomic E-state index is 14.1. The lowest BCUT2D eigenvalue weighted by atomic mass is 9.91. The van der Waals surface area contributed by atoms with Crippen LogP contribution in [0.3, 0.4) is 0 Å². The normalized spacial score (nSPS) is 31.6. The molecule has 1 N–H and O–H groups in total. The first-order chi connectivity index (χ1) is 8.99. The Labute approximate surface area is 122 Å². The molecule has 1 saturated heterocycles. The van der Waals surface area contributed by atoms with E-state index < -0.39 is 0 Å². The Morgan fingerprint density at radius 2 is 2.16 bits per heavy atom. The number of nitrogens with one attached hydrogen (secondary N) is 1. The predicted molar refractivity (Wildman–Crippen MR) is 80.0 cm³/mol. The molecule has 1 saturated carbocycles. The van der Waals surface area contributed by atoms with Gasteiger partial charge in [-0.25, -0.2) is 4.39 Å². The molecule has 1 heterocycles. The van der Waals surface area contributed by atoms with Crippen molar-refractivity contribution in [3.63, 3.8) is 0 Å². The van der Waals surface area contributed by atoms with Gasteiger partial charge in [0.2, 0.25) is 0 Å². The van der Waals surface area contributed by atoms with Crippen molar-refractivity contribution in [3.05, 3.63) is 28.5 Å². The third-order valence-corrected chi connectivity index (χ3v) is 5.02. The number of hydrogen-bond donors (Lipinski definition) is 1. The second-order valence-electron chi connectivity index (χ2n) is 6.15. The molecular formula is C15H20BrFN2. The smallest absolute Gasteiger partial charge is 0.146 e. The van der Waals surface area contributed by atoms with Gasteiger partial charge in [0.05, 0.1) is 5.69 Å². The van der Waals surface area contributed by atoms with Gasteiger partial charge in [-0.15, -0.1) is 0 Å². The fraction of sp³-hybridized carbons (Fsp3) is 0.600. The lowest BCUT2D eigenvalue weighted by Gasteiger charge is -2.47. The van der Waals surface area contributed by atoms with Crippen LogP contribution in [0.2, 0.25) is 0 Å². The third kappa shape index (κ3) is 2.52. The second kappa shape index (κ2) is 4.74. The Bertz CT molecular complexity index is 489. The molecule has 3 rings (SSSR count). The van der Waals surface area contributed by atoms with Crippen molar-refractivity contribution in [2.24, 2.45) is 5.92 Å². The van der Waals surface area contributed by atoms with Crippen LogP contribution in [0.15, 0.2) is 22.7 Å². The van der Waals surface area contributed by atoms with Crippen LogP contribution in [0, 0.1) is 11.7 Å². The van der Waals surface area contributed by atoms with Crippen LogP contribution in [-0.2, 0) is 0 Å². The van der Waals surface area contributed by atoms with Gasteiger partial charge in [-0.05, 0) is 50.8 Å². The maximum absolute atomic E-state index is 14.1. The first-order valence-electron chi connectivity index (χ1n) is 6.96. The van der Waals surface area contributed by atoms with Gasteiger partial charge in [-0.3, -0.25) is 0 Å². The number of halogens is 2. The number of anilines is 1. The van der Waals surface area contributed by atoms with E-state index in [2.05, 4.69) is 40.0 Å². The second-order valence-corrected chi connectivity index (χ2v) is 7.06. The predicted octanol–water partition coefficient (Wildman–Crippen LogP) is 3.56. The maximum Gasteiger partial charge on any atom is 0.146 e. The lowest BCUT2D eigenvalue weighted by molar-refractivity contribution is 0.259. The van der Waals surface area contributed by atoms with Gasteiger partial charge in [0.1, 0.15) is 5.82 Å². The molecule has 2 atom stereocenters. The van der Waals surface area contributed by atoms with Gasteiger partial charge in [0.25, 0.3) is 0 Å². The highest BCUT2D eigenvalue weighted by Gasteiger charge is 2.45. The summed E-state index contributed by atoms with van der Waals surface area (Å²) >= 11 is 3.44. The Balaban J connectivity index is 1.90. The van der Waals surface area contributed by atoms with Gasteiger partial charge in [-0.2, -0.15) is 0 Å². The van der Waals surface area contributed by atoms with Crippen molar-refractivity contribution in [3.8, 4) is 0 Å². The zero-order valence-corrected chi connectivity index (χ0v) is 13.0. The first-order valence-corrected chi connectivity index (χ1v) is 7.75. The van der Waals surface area contributed by atoms with Crippen LogP contribution >= 0.6 is 15.9 Å². The molecule has 19 heavy (non-hydrogen) atoms. The largest absolute Gasteiger partial charge is 0.363 e. The molecule has 1 aliphatic carbocycles. The molecule has 2 aliphatic rings. The summed E-state index contributed by atoms with van der Waals surface area (Å²) in [4.78, 5) is 2.22. The molecule has 2 nitrogen and oxygen atoms in total. The van der Waals surface area contributed by atoms with Crippen molar-refractivity contribution in [1.29, 1.82) is 0 Å². The third-order valence-electron chi connectivity index (χ3n) is 4.53. The molecule has 1 aliphatic heterocycles. The van der Waals surface area contributed by atoms with E-state index in [0.717, 1.165) is 29.2 Å². The standard InChI is InChI=1S/C15H20BrFN2/c1-10-8-18-15(2,11-3-4-11)9-19(10)14-7-12(16)5-6-13(14)17/h5-7,10-11,18H,3-4,8-9H2,1-2H3. The molecule has 2 fully saturated rings. The van der Waals surface area contributed by atoms with Crippen LogP contribution < -0.4 is 10.2 Å². The van der Waals surface area contributed by atoms with E-state index in [1.165, 1.54) is 12.8 Å². The first kappa shape index (κ1) is 13.4. The van der Waals surface area contributed by atoms with Crippen molar-refractivity contribution in [2.45, 2.75) is 38.3 Å². The van der Waals surface area contributed by atoms with Crippen LogP contribution in [0.5, 0.6) is 0 Å². The summed E-state index contributed by atoms with van der Waals surface area (Å²) in [6.07, 6.45) is 2.60. The van der Waals surface area contributed by atoms with Crippen molar-refractivity contribution in [1.82, 2.24) is 5.32 Å². The molecule has 1 aromatic rings. The monoisotopic (exact) mass is 326 g/mol. The summed E-state index contributed by atoms with van der Waals surface area (Å²) < 4.78 is 15.0. The Hall–Kier alpha value is -0.610. The van der Waals surface area contributed by atoms with Crippen LogP contribution in [0.1, 0.15) is 26.7 Å². The summed E-state index contributed by atoms with van der Waals surface area (Å²) in [6.45, 7) is 6.23. The van der Waals surface area contributed by atoms with E-state index in [1.54, 1.807) is 12.1 Å². The van der Waals surface area contributed by atoms with Crippen LogP contribution in [0.4, 0.5) is 10.1 Å². The van der Waals surface area contributed by atoms with Crippen molar-refractivity contribution >= 4 is 21.6 Å². The summed E-state index contributed by atoms with van der Waals surface area (Å²) in [7, 11) is 0. The summed E-state index contributed by atoms with van der Waals surface area (Å²) in [5.74, 6) is 0.618. The molecular weight excluding hydrogens is 307 g/mol. The number of nitrogens with zero attached hydrogens (tertiary/aromatic N) is 1. The molecule has 0 spiro atoms. The molecule has 1 aromatic carbocycles. The van der Waals surface area contributed by atoms with Gasteiger partial charge in [-0.1, -0.05) is 15.9 Å².